The van der Waals surface area contributed by atoms with Crippen LogP contribution in [0, 0.1) is 29.6 Å². The lowest BCUT2D eigenvalue weighted by Gasteiger charge is -2.29. The Bertz CT molecular complexity index is 2490. The fourth-order valence-electron chi connectivity index (χ4n) is 7.88. The predicted molar refractivity (Wildman–Crippen MR) is 228 cm³/mol. The average molecular weight is 821 g/mol. The first-order valence-electron chi connectivity index (χ1n) is 20.3. The Morgan fingerprint density at radius 3 is 2.00 bits per heavy atom. The Kier molecular flexibility index (Phi) is 13.1. The highest BCUT2D eigenvalue weighted by atomic mass is 16.5. The maximum atomic E-state index is 14.0. The van der Waals surface area contributed by atoms with Crippen molar-refractivity contribution in [2.75, 3.05) is 27.3 Å². The number of rotatable bonds is 10. The lowest BCUT2D eigenvalue weighted by Crippen LogP contribution is -2.51. The van der Waals surface area contributed by atoms with E-state index in [1.54, 1.807) is 22.2 Å². The molecule has 4 N–H and O–H groups in total. The molecule has 0 saturated carbocycles. The number of aromatic amines is 2. The summed E-state index contributed by atoms with van der Waals surface area (Å²) in [6.07, 6.45) is 5.14. The van der Waals surface area contributed by atoms with Crippen molar-refractivity contribution in [3.8, 4) is 46.1 Å². The molecule has 0 bridgehead atoms. The molecule has 0 radical (unpaired) electrons. The topological polar surface area (TPSA) is 175 Å². The number of nitrogens with zero attached hydrogens (tertiary/aromatic N) is 4. The third kappa shape index (κ3) is 9.61. The van der Waals surface area contributed by atoms with Gasteiger partial charge in [-0.15, -0.1) is 0 Å². The third-order valence-corrected chi connectivity index (χ3v) is 11.0. The number of methoxy groups -OCH3 is 2. The summed E-state index contributed by atoms with van der Waals surface area (Å²) in [7, 11) is 2.55. The van der Waals surface area contributed by atoms with E-state index in [2.05, 4.69) is 55.3 Å². The number of hydrogen-bond acceptors (Lipinski definition) is 8. The highest BCUT2D eigenvalue weighted by Gasteiger charge is 2.38. The van der Waals surface area contributed by atoms with E-state index in [0.717, 1.165) is 53.6 Å². The standard InChI is InChI=1S/C47H48N8O6/c1-30(2)40(52-46(58)60-3)44(56)54-25-13-21-38(54)42-48-28-35(50-42)20-12-11-17-32-23-24-34(27-36(32)31-15-7-5-8-16-31)37-29-49-43(51-37)39-22-14-26-55(39)45(57)41(53-47(59)61-4)33-18-9-6-10-19-33/h5-10,15-16,18-19,23-24,27-30,38-41H,13-14,21-22,25-26H2,1-4H3,(H,48,50)(H,49,51)(H,52,58)(H,53,59)/t38?,39-,40-,41+/m0/s1. The number of imidazole rings is 2. The molecular weight excluding hydrogens is 773 g/mol. The Balaban J connectivity index is 1.09. The predicted octanol–water partition coefficient (Wildman–Crippen LogP) is 6.67. The van der Waals surface area contributed by atoms with Gasteiger partial charge in [0.1, 0.15) is 29.4 Å². The van der Waals surface area contributed by atoms with Crippen LogP contribution in [-0.4, -0.2) is 87.1 Å². The molecule has 3 aromatic carbocycles. The average Bonchev–Trinajstić information content (AvgIpc) is 4.14. The van der Waals surface area contributed by atoms with Crippen LogP contribution in [0.2, 0.25) is 0 Å². The van der Waals surface area contributed by atoms with Gasteiger partial charge in [-0.05, 0) is 78.2 Å². The van der Waals surface area contributed by atoms with Crippen LogP contribution in [0.15, 0.2) is 91.3 Å². The molecule has 1 unspecified atom stereocenters. The van der Waals surface area contributed by atoms with Crippen molar-refractivity contribution in [3.63, 3.8) is 0 Å². The lowest BCUT2D eigenvalue weighted by molar-refractivity contribution is -0.135. The van der Waals surface area contributed by atoms with Crippen LogP contribution in [0.1, 0.15) is 86.1 Å². The number of benzene rings is 3. The number of likely N-dealkylation sites (tertiary alicyclic amines) is 2. The first-order valence-corrected chi connectivity index (χ1v) is 20.3. The maximum Gasteiger partial charge on any atom is 0.407 e. The summed E-state index contributed by atoms with van der Waals surface area (Å²) in [4.78, 5) is 71.3. The summed E-state index contributed by atoms with van der Waals surface area (Å²) in [6.45, 7) is 4.84. The number of hydrogen-bond donors (Lipinski definition) is 4. The number of amides is 4. The molecule has 4 heterocycles. The van der Waals surface area contributed by atoms with Gasteiger partial charge in [0.25, 0.3) is 5.91 Å². The summed E-state index contributed by atoms with van der Waals surface area (Å²) in [5.74, 6) is 13.0. The van der Waals surface area contributed by atoms with Crippen molar-refractivity contribution in [1.82, 2.24) is 40.4 Å². The van der Waals surface area contributed by atoms with Gasteiger partial charge in [-0.3, -0.25) is 9.59 Å². The van der Waals surface area contributed by atoms with Gasteiger partial charge in [0.05, 0.1) is 44.4 Å². The van der Waals surface area contributed by atoms with Gasteiger partial charge in [0.15, 0.2) is 0 Å². The zero-order valence-electron chi connectivity index (χ0n) is 34.5. The van der Waals surface area contributed by atoms with Crippen molar-refractivity contribution in [2.45, 2.75) is 63.7 Å². The largest absolute Gasteiger partial charge is 0.453 e. The molecule has 7 rings (SSSR count). The van der Waals surface area contributed by atoms with E-state index in [1.807, 2.05) is 86.6 Å². The second kappa shape index (κ2) is 19.2. The van der Waals surface area contributed by atoms with Crippen molar-refractivity contribution >= 4 is 24.0 Å². The second-order valence-electron chi connectivity index (χ2n) is 15.2. The molecule has 2 saturated heterocycles. The minimum atomic E-state index is -0.908. The van der Waals surface area contributed by atoms with Gasteiger partial charge in [0, 0.05) is 24.2 Å². The number of carbonyl (C=O) groups excluding carboxylic acids is 4. The van der Waals surface area contributed by atoms with Crippen LogP contribution in [0.25, 0.3) is 22.4 Å². The van der Waals surface area contributed by atoms with E-state index in [-0.39, 0.29) is 29.8 Å². The molecule has 4 atom stereocenters. The van der Waals surface area contributed by atoms with Gasteiger partial charge < -0.3 is 39.9 Å². The smallest absolute Gasteiger partial charge is 0.407 e. The third-order valence-electron chi connectivity index (χ3n) is 11.0. The molecule has 2 aliphatic rings. The molecule has 2 fully saturated rings. The van der Waals surface area contributed by atoms with Crippen LogP contribution in [0.5, 0.6) is 0 Å². The first-order chi connectivity index (χ1) is 29.6. The first kappa shape index (κ1) is 41.8. The Morgan fingerprint density at radius 1 is 0.721 bits per heavy atom. The normalized spacial score (nSPS) is 16.7. The molecular formula is C47H48N8O6. The number of carbonyl (C=O) groups is 4. The molecule has 14 nitrogen and oxygen atoms in total. The SMILES string of the molecule is COC(=O)N[C@H](C(=O)N1CCCC1c1ncc(C#CC#Cc2ccc(-c3cnc([C@@H]4CCCN4C(=O)[C@H](NC(=O)OC)c4ccccc4)[nH]3)cc2-c2ccccc2)[nH]1)C(C)C. The number of nitrogens with one attached hydrogen (secondary N) is 4. The van der Waals surface area contributed by atoms with E-state index in [1.165, 1.54) is 14.2 Å². The number of alkyl carbamates (subject to hydrolysis) is 2. The summed E-state index contributed by atoms with van der Waals surface area (Å²) in [6, 6.07) is 22.9. The molecule has 312 valence electrons. The number of ether oxygens (including phenoxy) is 2. The summed E-state index contributed by atoms with van der Waals surface area (Å²) >= 11 is 0. The second-order valence-corrected chi connectivity index (χ2v) is 15.2. The van der Waals surface area contributed by atoms with Crippen molar-refractivity contribution in [2.24, 2.45) is 5.92 Å². The highest BCUT2D eigenvalue weighted by Crippen LogP contribution is 2.36. The van der Waals surface area contributed by atoms with E-state index >= 15 is 0 Å². The summed E-state index contributed by atoms with van der Waals surface area (Å²) in [5.41, 5.74) is 5.59. The molecule has 0 spiro atoms. The maximum absolute atomic E-state index is 14.0. The number of aromatic nitrogens is 4. The zero-order valence-corrected chi connectivity index (χ0v) is 34.5. The van der Waals surface area contributed by atoms with Crippen LogP contribution in [0.3, 0.4) is 0 Å². The quantitative estimate of drug-likeness (QED) is 0.113. The minimum Gasteiger partial charge on any atom is -0.453 e. The van der Waals surface area contributed by atoms with E-state index in [4.69, 9.17) is 14.5 Å². The molecule has 2 aromatic heterocycles. The van der Waals surface area contributed by atoms with Crippen molar-refractivity contribution < 1.29 is 28.7 Å². The van der Waals surface area contributed by atoms with Crippen LogP contribution < -0.4 is 10.6 Å². The van der Waals surface area contributed by atoms with Gasteiger partial charge in [-0.2, -0.15) is 0 Å². The van der Waals surface area contributed by atoms with Crippen molar-refractivity contribution in [1.29, 1.82) is 0 Å². The number of H-pyrrole nitrogens is 2. The van der Waals surface area contributed by atoms with E-state index < -0.39 is 24.3 Å². The molecule has 2 aliphatic heterocycles. The van der Waals surface area contributed by atoms with Gasteiger partial charge in [-0.1, -0.05) is 86.5 Å². The summed E-state index contributed by atoms with van der Waals surface area (Å²) < 4.78 is 9.59. The van der Waals surface area contributed by atoms with Crippen LogP contribution in [0.4, 0.5) is 9.59 Å². The molecule has 0 aliphatic carbocycles. The van der Waals surface area contributed by atoms with Gasteiger partial charge in [0.2, 0.25) is 5.91 Å². The molecule has 5 aromatic rings. The van der Waals surface area contributed by atoms with Gasteiger partial charge >= 0.3 is 12.2 Å². The van der Waals surface area contributed by atoms with Crippen LogP contribution in [-0.2, 0) is 19.1 Å². The van der Waals surface area contributed by atoms with Gasteiger partial charge in [-0.25, -0.2) is 19.6 Å². The lowest BCUT2D eigenvalue weighted by atomic mass is 9.96. The minimum absolute atomic E-state index is 0.132. The Labute approximate surface area is 354 Å². The fraction of sp³-hybridized carbons (Fsp3) is 0.319. The molecule has 4 amide bonds. The van der Waals surface area contributed by atoms with Crippen molar-refractivity contribution in [3.05, 3.63) is 120 Å². The molecule has 14 heteroatoms. The Morgan fingerprint density at radius 2 is 1.33 bits per heavy atom. The van der Waals surface area contributed by atoms with E-state index in [0.29, 0.717) is 36.0 Å². The van der Waals surface area contributed by atoms with Crippen LogP contribution >= 0.6 is 0 Å². The monoisotopic (exact) mass is 820 g/mol. The Hall–Kier alpha value is -7.32. The highest BCUT2D eigenvalue weighted by molar-refractivity contribution is 5.88. The zero-order chi connectivity index (χ0) is 42.9. The fourth-order valence-corrected chi connectivity index (χ4v) is 7.88. The summed E-state index contributed by atoms with van der Waals surface area (Å²) in [5, 5.41) is 5.39. The van der Waals surface area contributed by atoms with E-state index in [9.17, 15) is 19.2 Å². The molecule has 61 heavy (non-hydrogen) atoms.